The lowest BCUT2D eigenvalue weighted by molar-refractivity contribution is 0.568. The summed E-state index contributed by atoms with van der Waals surface area (Å²) in [6.45, 7) is 3.38. The number of anilines is 2. The molecule has 156 valence electrons. The minimum Gasteiger partial charge on any atom is -0.341 e. The van der Waals surface area contributed by atoms with Crippen molar-refractivity contribution in [2.45, 2.75) is 24.7 Å². The molecule has 4 rings (SSSR count). The molecule has 3 aromatic carbocycles. The lowest BCUT2D eigenvalue weighted by atomic mass is 10.0. The summed E-state index contributed by atoms with van der Waals surface area (Å²) in [7, 11) is -3.07. The predicted molar refractivity (Wildman–Crippen MR) is 125 cm³/mol. The number of fused-ring (bicyclic) bond motifs is 2. The van der Waals surface area contributed by atoms with E-state index in [0.717, 1.165) is 19.4 Å². The zero-order valence-electron chi connectivity index (χ0n) is 17.0. The van der Waals surface area contributed by atoms with Crippen molar-refractivity contribution in [2.24, 2.45) is 5.92 Å². The number of nitrogens with zero attached hydrogens (tertiary/aromatic N) is 1. The highest BCUT2D eigenvalue weighted by Crippen LogP contribution is 2.36. The number of hydrogen-bond donors (Lipinski definition) is 2. The van der Waals surface area contributed by atoms with E-state index in [2.05, 4.69) is 65.1 Å². The molecule has 2 unspecified atom stereocenters. The summed E-state index contributed by atoms with van der Waals surface area (Å²) in [5.74, 6) is 0.183. The number of benzene rings is 3. The molecule has 0 fully saturated rings. The highest BCUT2D eigenvalue weighted by atomic mass is 35.5. The maximum atomic E-state index is 12.8. The van der Waals surface area contributed by atoms with Crippen LogP contribution < -0.4 is 9.62 Å². The molecular weight excluding hydrogens is 414 g/mol. The Kier molecular flexibility index (Phi) is 6.14. The number of nitrogens with one attached hydrogen (secondary N) is 2. The van der Waals surface area contributed by atoms with E-state index in [0.29, 0.717) is 16.5 Å². The van der Waals surface area contributed by atoms with Gasteiger partial charge in [-0.25, -0.2) is 13.7 Å². The highest BCUT2D eigenvalue weighted by molar-refractivity contribution is 7.90. The van der Waals surface area contributed by atoms with Crippen LogP contribution in [0.4, 0.5) is 11.4 Å². The minimum absolute atomic E-state index is 0.183. The number of hydrogen-bond acceptors (Lipinski definition) is 3. The average molecular weight is 440 g/mol. The summed E-state index contributed by atoms with van der Waals surface area (Å²) >= 11 is 5.91. The fraction of sp³-hybridized carbons (Fsp3) is 0.250. The highest BCUT2D eigenvalue weighted by Gasteiger charge is 2.22. The molecule has 0 spiro atoms. The number of para-hydroxylation sites is 2. The van der Waals surface area contributed by atoms with E-state index < -0.39 is 9.92 Å². The van der Waals surface area contributed by atoms with Crippen molar-refractivity contribution in [2.75, 3.05) is 18.0 Å². The molecule has 1 aliphatic heterocycles. The Morgan fingerprint density at radius 2 is 1.50 bits per heavy atom. The third kappa shape index (κ3) is 4.53. The molecule has 0 aliphatic carbocycles. The third-order valence-corrected chi connectivity index (χ3v) is 7.26. The van der Waals surface area contributed by atoms with E-state index in [9.17, 15) is 4.21 Å². The summed E-state index contributed by atoms with van der Waals surface area (Å²) < 4.78 is 24.1. The zero-order chi connectivity index (χ0) is 21.1. The molecule has 0 radical (unpaired) electrons. The molecule has 3 aromatic rings. The molecule has 0 aromatic heterocycles. The van der Waals surface area contributed by atoms with Gasteiger partial charge in [-0.05, 0) is 66.3 Å². The van der Waals surface area contributed by atoms with Gasteiger partial charge >= 0.3 is 0 Å². The topological polar surface area (TPSA) is 56.2 Å². The fourth-order valence-electron chi connectivity index (χ4n) is 3.91. The van der Waals surface area contributed by atoms with Gasteiger partial charge < -0.3 is 4.90 Å². The van der Waals surface area contributed by atoms with Gasteiger partial charge in [0.25, 0.3) is 0 Å². The van der Waals surface area contributed by atoms with Gasteiger partial charge in [0.05, 0.1) is 4.90 Å². The van der Waals surface area contributed by atoms with Crippen LogP contribution in [0.1, 0.15) is 18.1 Å². The summed E-state index contributed by atoms with van der Waals surface area (Å²) in [6.07, 6.45) is 2.04. The van der Waals surface area contributed by atoms with Crippen LogP contribution in [0, 0.1) is 10.7 Å². The third-order valence-electron chi connectivity index (χ3n) is 5.50. The van der Waals surface area contributed by atoms with Crippen LogP contribution in [0.3, 0.4) is 0 Å². The van der Waals surface area contributed by atoms with Crippen molar-refractivity contribution in [3.63, 3.8) is 0 Å². The first-order valence-electron chi connectivity index (χ1n) is 10.2. The van der Waals surface area contributed by atoms with Gasteiger partial charge in [0.15, 0.2) is 0 Å². The Bertz CT molecular complexity index is 1080. The second kappa shape index (κ2) is 8.80. The fourth-order valence-corrected chi connectivity index (χ4v) is 5.24. The molecule has 0 bridgehead atoms. The van der Waals surface area contributed by atoms with Crippen LogP contribution in [-0.2, 0) is 22.8 Å². The van der Waals surface area contributed by atoms with Crippen molar-refractivity contribution in [3.8, 4) is 0 Å². The zero-order valence-corrected chi connectivity index (χ0v) is 18.5. The first-order valence-corrected chi connectivity index (χ1v) is 12.1. The van der Waals surface area contributed by atoms with Gasteiger partial charge in [-0.2, -0.15) is 0 Å². The summed E-state index contributed by atoms with van der Waals surface area (Å²) in [5.41, 5.74) is 5.16. The molecular formula is C24H26ClN3OS. The maximum Gasteiger partial charge on any atom is 0.134 e. The molecule has 0 saturated heterocycles. The van der Waals surface area contributed by atoms with Crippen molar-refractivity contribution in [1.82, 2.24) is 4.72 Å². The van der Waals surface area contributed by atoms with Gasteiger partial charge in [0.1, 0.15) is 9.92 Å². The molecule has 2 N–H and O–H groups in total. The van der Waals surface area contributed by atoms with Crippen LogP contribution in [0.2, 0.25) is 5.02 Å². The average Bonchev–Trinajstić information content (AvgIpc) is 2.90. The van der Waals surface area contributed by atoms with Gasteiger partial charge in [0, 0.05) is 29.5 Å². The van der Waals surface area contributed by atoms with Crippen LogP contribution >= 0.6 is 11.6 Å². The Hall–Kier alpha value is -2.34. The Balaban J connectivity index is 1.53. The first-order chi connectivity index (χ1) is 14.4. The maximum absolute atomic E-state index is 12.8. The number of rotatable bonds is 6. The number of halogens is 1. The first kappa shape index (κ1) is 20.9. The standard InChI is InChI=1S/C24H26ClN3OS/c1-18(16-27-30(26,29)22-14-12-21(25)13-15-22)17-28-23-8-4-2-6-19(23)10-11-20-7-3-5-9-24(20)28/h2-9,12-15,18H,10-11,16-17H2,1H3,(H2,26,27,29). The Morgan fingerprint density at radius 3 is 2.07 bits per heavy atom. The Morgan fingerprint density at radius 1 is 0.967 bits per heavy atom. The molecule has 1 heterocycles. The Labute approximate surface area is 184 Å². The van der Waals surface area contributed by atoms with Crippen LogP contribution in [0.5, 0.6) is 0 Å². The second-order valence-electron chi connectivity index (χ2n) is 7.83. The summed E-state index contributed by atoms with van der Waals surface area (Å²) in [6, 6.07) is 23.8. The van der Waals surface area contributed by atoms with E-state index in [-0.39, 0.29) is 5.92 Å². The lowest BCUT2D eigenvalue weighted by Gasteiger charge is -2.30. The second-order valence-corrected chi connectivity index (χ2v) is 10.1. The van der Waals surface area contributed by atoms with Crippen LogP contribution in [0.25, 0.3) is 0 Å². The lowest BCUT2D eigenvalue weighted by Crippen LogP contribution is -2.33. The van der Waals surface area contributed by atoms with Crippen LogP contribution in [0.15, 0.2) is 77.7 Å². The van der Waals surface area contributed by atoms with Gasteiger partial charge in [-0.1, -0.05) is 54.9 Å². The van der Waals surface area contributed by atoms with Gasteiger partial charge in [-0.3, -0.25) is 0 Å². The quantitative estimate of drug-likeness (QED) is 0.508. The molecule has 4 nitrogen and oxygen atoms in total. The molecule has 2 atom stereocenters. The van der Waals surface area contributed by atoms with Crippen molar-refractivity contribution in [3.05, 3.63) is 88.9 Å². The van der Waals surface area contributed by atoms with E-state index in [1.807, 2.05) is 0 Å². The van der Waals surface area contributed by atoms with Crippen molar-refractivity contribution < 1.29 is 4.21 Å². The largest absolute Gasteiger partial charge is 0.341 e. The van der Waals surface area contributed by atoms with E-state index in [1.165, 1.54) is 22.5 Å². The molecule has 1 aliphatic rings. The molecule has 0 saturated carbocycles. The van der Waals surface area contributed by atoms with Crippen LogP contribution in [-0.4, -0.2) is 17.3 Å². The monoisotopic (exact) mass is 439 g/mol. The SMILES string of the molecule is CC(CNS(=N)(=O)c1ccc(Cl)cc1)CN1c2ccccc2CCc2ccccc21. The molecule has 0 amide bonds. The van der Waals surface area contributed by atoms with E-state index in [1.54, 1.807) is 24.3 Å². The molecule has 30 heavy (non-hydrogen) atoms. The summed E-state index contributed by atoms with van der Waals surface area (Å²) in [4.78, 5) is 2.82. The van der Waals surface area contributed by atoms with Crippen molar-refractivity contribution >= 4 is 32.9 Å². The van der Waals surface area contributed by atoms with Gasteiger partial charge in [0.2, 0.25) is 0 Å². The number of aryl methyl sites for hydroxylation is 2. The van der Waals surface area contributed by atoms with Crippen molar-refractivity contribution in [1.29, 1.82) is 4.78 Å². The minimum atomic E-state index is -3.07. The predicted octanol–water partition coefficient (Wildman–Crippen LogP) is 5.82. The van der Waals surface area contributed by atoms with E-state index in [4.69, 9.17) is 16.4 Å². The smallest absolute Gasteiger partial charge is 0.134 e. The van der Waals surface area contributed by atoms with E-state index >= 15 is 0 Å². The normalized spacial score (nSPS) is 16.1. The summed E-state index contributed by atoms with van der Waals surface area (Å²) in [5, 5.41) is 0.570. The van der Waals surface area contributed by atoms with Gasteiger partial charge in [-0.15, -0.1) is 0 Å². The molecule has 6 heteroatoms.